The number of hydrogen-bond acceptors (Lipinski definition) is 6. The molecular formula is C14H17O10P. The molecule has 0 radical (unpaired) electrons. The molecule has 1 aromatic rings. The summed E-state index contributed by atoms with van der Waals surface area (Å²) in [5, 5.41) is 8.93. The van der Waals surface area contributed by atoms with E-state index in [9.17, 15) is 14.4 Å². The lowest BCUT2D eigenvalue weighted by Crippen LogP contribution is -2.16. The van der Waals surface area contributed by atoms with Gasteiger partial charge in [0.05, 0.1) is 11.1 Å². The van der Waals surface area contributed by atoms with E-state index < -0.39 is 25.7 Å². The van der Waals surface area contributed by atoms with Crippen LogP contribution < -0.4 is 0 Å². The first-order chi connectivity index (χ1) is 11.4. The molecule has 0 atom stereocenters. The Morgan fingerprint density at radius 2 is 1.48 bits per heavy atom. The summed E-state index contributed by atoms with van der Waals surface area (Å²) < 4.78 is 18.5. The number of rotatable bonds is 6. The highest BCUT2D eigenvalue weighted by atomic mass is 31.2. The minimum absolute atomic E-state index is 0.0498. The number of esters is 2. The molecule has 138 valence electrons. The summed E-state index contributed by atoms with van der Waals surface area (Å²) in [6, 6.07) is 5.70. The first-order valence-corrected chi connectivity index (χ1v) is 8.10. The first kappa shape index (κ1) is 22.5. The van der Waals surface area contributed by atoms with Gasteiger partial charge in [-0.3, -0.25) is 0 Å². The molecule has 0 amide bonds. The Kier molecular flexibility index (Phi) is 9.32. The standard InChI is InChI=1S/C14H14O6.H3O4P/c1-9(2)13(17)19-7-8-20-14(18)11-6-4-3-5-10(11)12(15)16;1-5(2,3)4/h3-6H,1,7-8H2,2H3,(H,15,16);(H3,1,2,3,4). The Bertz CT molecular complexity index is 682. The van der Waals surface area contributed by atoms with E-state index in [1.165, 1.54) is 31.2 Å². The summed E-state index contributed by atoms with van der Waals surface area (Å²) in [6.45, 7) is 4.62. The molecule has 4 N–H and O–H groups in total. The Labute approximate surface area is 142 Å². The molecule has 0 aliphatic heterocycles. The third-order valence-corrected chi connectivity index (χ3v) is 2.28. The number of carboxylic acids is 1. The molecule has 25 heavy (non-hydrogen) atoms. The Morgan fingerprint density at radius 1 is 1.04 bits per heavy atom. The second-order valence-corrected chi connectivity index (χ2v) is 5.44. The number of carbonyl (C=O) groups is 3. The van der Waals surface area contributed by atoms with Gasteiger partial charge in [0.15, 0.2) is 0 Å². The third kappa shape index (κ3) is 10.8. The van der Waals surface area contributed by atoms with Crippen molar-refractivity contribution in [1.82, 2.24) is 0 Å². The lowest BCUT2D eigenvalue weighted by molar-refractivity contribution is -0.140. The average Bonchev–Trinajstić information content (AvgIpc) is 2.49. The molecule has 0 aliphatic carbocycles. The molecule has 11 heteroatoms. The van der Waals surface area contributed by atoms with Gasteiger partial charge >= 0.3 is 25.7 Å². The van der Waals surface area contributed by atoms with Crippen molar-refractivity contribution in [3.05, 3.63) is 47.5 Å². The monoisotopic (exact) mass is 376 g/mol. The zero-order chi connectivity index (χ0) is 19.6. The molecule has 0 spiro atoms. The van der Waals surface area contributed by atoms with Crippen LogP contribution in [0.4, 0.5) is 0 Å². The number of benzene rings is 1. The highest BCUT2D eigenvalue weighted by Crippen LogP contribution is 2.25. The van der Waals surface area contributed by atoms with Crippen LogP contribution in [0.3, 0.4) is 0 Å². The summed E-state index contributed by atoms with van der Waals surface area (Å²) in [4.78, 5) is 55.3. The molecule has 0 unspecified atom stereocenters. The van der Waals surface area contributed by atoms with Crippen LogP contribution >= 0.6 is 7.82 Å². The maximum atomic E-state index is 11.7. The Hall–Kier alpha value is -2.52. The average molecular weight is 376 g/mol. The van der Waals surface area contributed by atoms with E-state index in [1.54, 1.807) is 0 Å². The topological polar surface area (TPSA) is 168 Å². The van der Waals surface area contributed by atoms with Crippen molar-refractivity contribution in [1.29, 1.82) is 0 Å². The number of aromatic carboxylic acids is 1. The van der Waals surface area contributed by atoms with Gasteiger partial charge < -0.3 is 29.3 Å². The van der Waals surface area contributed by atoms with E-state index in [1.807, 2.05) is 0 Å². The van der Waals surface area contributed by atoms with Gasteiger partial charge in [-0.2, -0.15) is 0 Å². The maximum Gasteiger partial charge on any atom is 0.466 e. The largest absolute Gasteiger partial charge is 0.478 e. The lowest BCUT2D eigenvalue weighted by Gasteiger charge is -2.07. The molecule has 1 aromatic carbocycles. The van der Waals surface area contributed by atoms with Gasteiger partial charge in [0, 0.05) is 5.57 Å². The summed E-state index contributed by atoms with van der Waals surface area (Å²) in [5.74, 6) is -2.58. The molecule has 0 bridgehead atoms. The number of hydrogen-bond donors (Lipinski definition) is 4. The van der Waals surface area contributed by atoms with Crippen LogP contribution in [-0.2, 0) is 18.8 Å². The quantitative estimate of drug-likeness (QED) is 0.240. The minimum atomic E-state index is -4.64. The molecular weight excluding hydrogens is 359 g/mol. The third-order valence-electron chi connectivity index (χ3n) is 2.28. The molecule has 0 aliphatic rings. The van der Waals surface area contributed by atoms with E-state index in [-0.39, 0.29) is 29.9 Å². The van der Waals surface area contributed by atoms with Gasteiger partial charge in [-0.05, 0) is 19.1 Å². The predicted octanol–water partition coefficient (Wildman–Crippen LogP) is 0.732. The number of phosphoric acid groups is 1. The fourth-order valence-corrected chi connectivity index (χ4v) is 1.32. The summed E-state index contributed by atoms with van der Waals surface area (Å²) in [6.07, 6.45) is 0. The van der Waals surface area contributed by atoms with Gasteiger partial charge in [0.2, 0.25) is 0 Å². The van der Waals surface area contributed by atoms with Crippen molar-refractivity contribution in [2.45, 2.75) is 6.92 Å². The van der Waals surface area contributed by atoms with Crippen molar-refractivity contribution >= 4 is 25.7 Å². The van der Waals surface area contributed by atoms with Gasteiger partial charge in [0.25, 0.3) is 0 Å². The number of carboxylic acid groups (broad SMARTS) is 1. The van der Waals surface area contributed by atoms with E-state index in [0.29, 0.717) is 0 Å². The van der Waals surface area contributed by atoms with E-state index >= 15 is 0 Å². The van der Waals surface area contributed by atoms with Gasteiger partial charge in [-0.25, -0.2) is 18.9 Å². The molecule has 10 nitrogen and oxygen atoms in total. The van der Waals surface area contributed by atoms with E-state index in [0.717, 1.165) is 0 Å². The van der Waals surface area contributed by atoms with Crippen LogP contribution in [0.15, 0.2) is 36.4 Å². The molecule has 0 saturated carbocycles. The Balaban J connectivity index is 0.00000101. The normalized spacial score (nSPS) is 10.1. The summed E-state index contributed by atoms with van der Waals surface area (Å²) in [7, 11) is -4.64. The highest BCUT2D eigenvalue weighted by molar-refractivity contribution is 7.45. The zero-order valence-electron chi connectivity index (χ0n) is 13.1. The lowest BCUT2D eigenvalue weighted by atomic mass is 10.1. The summed E-state index contributed by atoms with van der Waals surface area (Å²) in [5.41, 5.74) is 0.0511. The summed E-state index contributed by atoms with van der Waals surface area (Å²) >= 11 is 0. The van der Waals surface area contributed by atoms with Gasteiger partial charge in [-0.1, -0.05) is 18.7 Å². The van der Waals surface area contributed by atoms with Crippen molar-refractivity contribution < 1.29 is 48.2 Å². The maximum absolute atomic E-state index is 11.7. The van der Waals surface area contributed by atoms with Crippen molar-refractivity contribution in [3.63, 3.8) is 0 Å². The predicted molar refractivity (Wildman–Crippen MR) is 83.7 cm³/mol. The molecule has 0 heterocycles. The van der Waals surface area contributed by atoms with Crippen molar-refractivity contribution in [2.24, 2.45) is 0 Å². The van der Waals surface area contributed by atoms with Crippen molar-refractivity contribution in [2.75, 3.05) is 13.2 Å². The fourth-order valence-electron chi connectivity index (χ4n) is 1.32. The SMILES string of the molecule is C=C(C)C(=O)OCCOC(=O)c1ccccc1C(=O)O.O=P(O)(O)O. The second-order valence-electron chi connectivity index (χ2n) is 4.42. The first-order valence-electron chi connectivity index (χ1n) is 6.54. The van der Waals surface area contributed by atoms with E-state index in [4.69, 9.17) is 33.8 Å². The van der Waals surface area contributed by atoms with Crippen LogP contribution in [0.1, 0.15) is 27.6 Å². The fraction of sp³-hybridized carbons (Fsp3) is 0.214. The molecule has 0 saturated heterocycles. The smallest absolute Gasteiger partial charge is 0.466 e. The second kappa shape index (κ2) is 10.4. The van der Waals surface area contributed by atoms with Crippen LogP contribution in [-0.4, -0.2) is 50.9 Å². The van der Waals surface area contributed by atoms with Gasteiger partial charge in [-0.15, -0.1) is 0 Å². The zero-order valence-corrected chi connectivity index (χ0v) is 14.0. The Morgan fingerprint density at radius 3 is 1.92 bits per heavy atom. The molecule has 0 fully saturated rings. The van der Waals surface area contributed by atoms with Crippen LogP contribution in [0.2, 0.25) is 0 Å². The van der Waals surface area contributed by atoms with E-state index in [2.05, 4.69) is 6.58 Å². The number of carbonyl (C=O) groups excluding carboxylic acids is 2. The number of ether oxygens (including phenoxy) is 2. The highest BCUT2D eigenvalue weighted by Gasteiger charge is 2.16. The molecule has 0 aromatic heterocycles. The van der Waals surface area contributed by atoms with Crippen LogP contribution in [0.25, 0.3) is 0 Å². The van der Waals surface area contributed by atoms with Crippen LogP contribution in [0, 0.1) is 0 Å². The minimum Gasteiger partial charge on any atom is -0.478 e. The molecule has 1 rings (SSSR count). The van der Waals surface area contributed by atoms with Crippen molar-refractivity contribution in [3.8, 4) is 0 Å². The van der Waals surface area contributed by atoms with Gasteiger partial charge in [0.1, 0.15) is 13.2 Å². The van der Waals surface area contributed by atoms with Crippen LogP contribution in [0.5, 0.6) is 0 Å².